The SMILES string of the molecule is NCCCC1(O)OC1O. The average molecular weight is 133 g/mol. The highest BCUT2D eigenvalue weighted by molar-refractivity contribution is 4.83. The number of nitrogens with two attached hydrogens (primary N) is 1. The predicted octanol–water partition coefficient (Wildman–Crippen LogP) is -1.24. The van der Waals surface area contributed by atoms with E-state index in [0.717, 1.165) is 0 Å². The molecule has 0 spiro atoms. The molecule has 0 amide bonds. The van der Waals surface area contributed by atoms with Crippen molar-refractivity contribution in [2.45, 2.75) is 24.9 Å². The molecule has 54 valence electrons. The molecule has 4 nitrogen and oxygen atoms in total. The van der Waals surface area contributed by atoms with Crippen LogP contribution in [0.15, 0.2) is 0 Å². The smallest absolute Gasteiger partial charge is 0.220 e. The number of hydrogen-bond donors (Lipinski definition) is 3. The first kappa shape index (κ1) is 6.95. The normalized spacial score (nSPS) is 41.0. The van der Waals surface area contributed by atoms with Gasteiger partial charge >= 0.3 is 0 Å². The van der Waals surface area contributed by atoms with Gasteiger partial charge in [0.15, 0.2) is 0 Å². The molecule has 1 heterocycles. The van der Waals surface area contributed by atoms with Crippen LogP contribution in [0.5, 0.6) is 0 Å². The molecule has 0 aromatic carbocycles. The Hall–Kier alpha value is -0.160. The Balaban J connectivity index is 2.13. The summed E-state index contributed by atoms with van der Waals surface area (Å²) >= 11 is 0. The zero-order valence-corrected chi connectivity index (χ0v) is 5.08. The summed E-state index contributed by atoms with van der Waals surface area (Å²) in [5, 5.41) is 17.6. The van der Waals surface area contributed by atoms with E-state index in [1.807, 2.05) is 0 Å². The van der Waals surface area contributed by atoms with Crippen molar-refractivity contribution in [3.05, 3.63) is 0 Å². The number of aliphatic hydroxyl groups excluding tert-OH is 1. The van der Waals surface area contributed by atoms with Crippen LogP contribution in [0, 0.1) is 0 Å². The van der Waals surface area contributed by atoms with Crippen molar-refractivity contribution >= 4 is 0 Å². The molecular formula is C5H11NO3. The van der Waals surface area contributed by atoms with Gasteiger partial charge in [0.25, 0.3) is 0 Å². The summed E-state index contributed by atoms with van der Waals surface area (Å²) in [4.78, 5) is 0. The Morgan fingerprint density at radius 3 is 2.56 bits per heavy atom. The second-order valence-electron chi connectivity index (χ2n) is 2.21. The van der Waals surface area contributed by atoms with Crippen LogP contribution < -0.4 is 5.73 Å². The van der Waals surface area contributed by atoms with Gasteiger partial charge < -0.3 is 20.7 Å². The summed E-state index contributed by atoms with van der Waals surface area (Å²) in [7, 11) is 0. The van der Waals surface area contributed by atoms with Gasteiger partial charge in [0.2, 0.25) is 12.1 Å². The summed E-state index contributed by atoms with van der Waals surface area (Å²) in [6.45, 7) is 0.512. The zero-order chi connectivity index (χ0) is 6.91. The number of ether oxygens (including phenoxy) is 1. The molecule has 2 atom stereocenters. The third kappa shape index (κ3) is 1.40. The first-order valence-corrected chi connectivity index (χ1v) is 2.97. The van der Waals surface area contributed by atoms with Gasteiger partial charge in [-0.2, -0.15) is 0 Å². The Morgan fingerprint density at radius 2 is 2.22 bits per heavy atom. The van der Waals surface area contributed by atoms with Crippen LogP contribution in [0.2, 0.25) is 0 Å². The van der Waals surface area contributed by atoms with E-state index in [0.29, 0.717) is 19.4 Å². The fourth-order valence-corrected chi connectivity index (χ4v) is 0.697. The van der Waals surface area contributed by atoms with Crippen molar-refractivity contribution in [2.24, 2.45) is 5.73 Å². The average Bonchev–Trinajstić information content (AvgIpc) is 2.38. The molecule has 0 aliphatic carbocycles. The fraction of sp³-hybridized carbons (Fsp3) is 1.00. The molecule has 9 heavy (non-hydrogen) atoms. The lowest BCUT2D eigenvalue weighted by Gasteiger charge is -1.99. The van der Waals surface area contributed by atoms with Crippen LogP contribution >= 0.6 is 0 Å². The molecule has 2 unspecified atom stereocenters. The maximum absolute atomic E-state index is 9.00. The molecule has 0 aromatic heterocycles. The van der Waals surface area contributed by atoms with Crippen molar-refractivity contribution in [1.82, 2.24) is 0 Å². The zero-order valence-electron chi connectivity index (χ0n) is 5.08. The van der Waals surface area contributed by atoms with Crippen molar-refractivity contribution in [2.75, 3.05) is 6.54 Å². The Kier molecular flexibility index (Phi) is 1.72. The minimum Gasteiger partial charge on any atom is -0.364 e. The lowest BCUT2D eigenvalue weighted by Crippen LogP contribution is -2.15. The monoisotopic (exact) mass is 133 g/mol. The summed E-state index contributed by atoms with van der Waals surface area (Å²) in [6.07, 6.45) is 0.113. The topological polar surface area (TPSA) is 79.0 Å². The lowest BCUT2D eigenvalue weighted by molar-refractivity contribution is 0.0264. The molecule has 1 fully saturated rings. The largest absolute Gasteiger partial charge is 0.364 e. The molecule has 1 saturated heterocycles. The van der Waals surface area contributed by atoms with E-state index in [2.05, 4.69) is 4.74 Å². The third-order valence-electron chi connectivity index (χ3n) is 1.38. The summed E-state index contributed by atoms with van der Waals surface area (Å²) in [6, 6.07) is 0. The number of rotatable bonds is 3. The Labute approximate surface area is 53.2 Å². The third-order valence-corrected chi connectivity index (χ3v) is 1.38. The van der Waals surface area contributed by atoms with Crippen molar-refractivity contribution in [3.8, 4) is 0 Å². The summed E-state index contributed by atoms with van der Waals surface area (Å²) < 4.78 is 4.46. The van der Waals surface area contributed by atoms with E-state index in [1.54, 1.807) is 0 Å². The van der Waals surface area contributed by atoms with E-state index < -0.39 is 12.1 Å². The molecule has 0 aromatic rings. The van der Waals surface area contributed by atoms with Crippen molar-refractivity contribution in [3.63, 3.8) is 0 Å². The maximum atomic E-state index is 9.00. The fourth-order valence-electron chi connectivity index (χ4n) is 0.697. The highest BCUT2D eigenvalue weighted by atomic mass is 16.8. The van der Waals surface area contributed by atoms with E-state index in [-0.39, 0.29) is 0 Å². The van der Waals surface area contributed by atoms with Gasteiger partial charge in [0.1, 0.15) is 0 Å². The molecule has 0 bridgehead atoms. The summed E-state index contributed by atoms with van der Waals surface area (Å²) in [5.74, 6) is -1.26. The quantitative estimate of drug-likeness (QED) is 0.421. The first-order valence-electron chi connectivity index (χ1n) is 2.97. The van der Waals surface area contributed by atoms with Gasteiger partial charge in [-0.1, -0.05) is 0 Å². The van der Waals surface area contributed by atoms with Crippen LogP contribution in [-0.4, -0.2) is 28.8 Å². The van der Waals surface area contributed by atoms with Crippen LogP contribution in [0.25, 0.3) is 0 Å². The van der Waals surface area contributed by atoms with Crippen LogP contribution in [0.1, 0.15) is 12.8 Å². The molecule has 1 aliphatic rings. The molecule has 0 saturated carbocycles. The highest BCUT2D eigenvalue weighted by Crippen LogP contribution is 2.35. The Bertz CT molecular complexity index is 108. The van der Waals surface area contributed by atoms with Crippen LogP contribution in [-0.2, 0) is 4.74 Å². The Morgan fingerprint density at radius 1 is 1.67 bits per heavy atom. The molecular weight excluding hydrogens is 122 g/mol. The standard InChI is InChI=1S/C5H11NO3/c6-3-1-2-5(8)4(7)9-5/h4,7-8H,1-3,6H2. The van der Waals surface area contributed by atoms with Gasteiger partial charge in [-0.05, 0) is 13.0 Å². The van der Waals surface area contributed by atoms with Crippen molar-refractivity contribution in [1.29, 1.82) is 0 Å². The number of hydrogen-bond acceptors (Lipinski definition) is 4. The van der Waals surface area contributed by atoms with Crippen LogP contribution in [0.4, 0.5) is 0 Å². The van der Waals surface area contributed by atoms with Crippen molar-refractivity contribution < 1.29 is 14.9 Å². The first-order chi connectivity index (χ1) is 4.19. The van der Waals surface area contributed by atoms with Gasteiger partial charge in [0, 0.05) is 6.42 Å². The minimum atomic E-state index is -1.26. The second kappa shape index (κ2) is 2.22. The minimum absolute atomic E-state index is 0.421. The lowest BCUT2D eigenvalue weighted by atomic mass is 10.2. The summed E-state index contributed by atoms with van der Waals surface area (Å²) in [5.41, 5.74) is 5.16. The van der Waals surface area contributed by atoms with Gasteiger partial charge in [0.05, 0.1) is 0 Å². The predicted molar refractivity (Wildman–Crippen MR) is 30.3 cm³/mol. The number of epoxide rings is 1. The second-order valence-corrected chi connectivity index (χ2v) is 2.21. The molecule has 4 N–H and O–H groups in total. The van der Waals surface area contributed by atoms with Crippen LogP contribution in [0.3, 0.4) is 0 Å². The van der Waals surface area contributed by atoms with Gasteiger partial charge in [-0.3, -0.25) is 0 Å². The molecule has 1 aliphatic heterocycles. The van der Waals surface area contributed by atoms with Gasteiger partial charge in [-0.15, -0.1) is 0 Å². The molecule has 1 rings (SSSR count). The molecule has 0 radical (unpaired) electrons. The van der Waals surface area contributed by atoms with E-state index in [9.17, 15) is 0 Å². The number of aliphatic hydroxyl groups is 2. The maximum Gasteiger partial charge on any atom is 0.220 e. The van der Waals surface area contributed by atoms with E-state index in [4.69, 9.17) is 15.9 Å². The van der Waals surface area contributed by atoms with E-state index >= 15 is 0 Å². The molecule has 4 heteroatoms. The van der Waals surface area contributed by atoms with E-state index in [1.165, 1.54) is 0 Å². The highest BCUT2D eigenvalue weighted by Gasteiger charge is 2.53. The van der Waals surface area contributed by atoms with Gasteiger partial charge in [-0.25, -0.2) is 0 Å².